The number of carbonyl (C=O) groups excluding carboxylic acids is 1. The molecule has 0 N–H and O–H groups in total. The fourth-order valence-corrected chi connectivity index (χ4v) is 2.31. The minimum Gasteiger partial charge on any atom is -0.467 e. The summed E-state index contributed by atoms with van der Waals surface area (Å²) in [6, 6.07) is 5.75. The first kappa shape index (κ1) is 15.0. The summed E-state index contributed by atoms with van der Waals surface area (Å²) in [6.07, 6.45) is 0.832. The third-order valence-corrected chi connectivity index (χ3v) is 3.54. The van der Waals surface area contributed by atoms with E-state index in [2.05, 4.69) is 16.8 Å². The molecule has 1 aliphatic heterocycles. The molecule has 1 fully saturated rings. The molecule has 0 saturated carbocycles. The van der Waals surface area contributed by atoms with Crippen LogP contribution in [0, 0.1) is 0 Å². The summed E-state index contributed by atoms with van der Waals surface area (Å²) in [7, 11) is 3.70. The van der Waals surface area contributed by atoms with Gasteiger partial charge in [-0.1, -0.05) is 6.07 Å². The lowest BCUT2D eigenvalue weighted by molar-refractivity contribution is 0.0505. The number of piperazine rings is 1. The molecular formula is C15H22N2O3. The smallest absolute Gasteiger partial charge is 0.188 e. The van der Waals surface area contributed by atoms with Gasteiger partial charge in [0.2, 0.25) is 0 Å². The molecular weight excluding hydrogens is 256 g/mol. The van der Waals surface area contributed by atoms with Crippen LogP contribution in [0.25, 0.3) is 0 Å². The third-order valence-electron chi connectivity index (χ3n) is 3.54. The number of rotatable bonds is 6. The van der Waals surface area contributed by atoms with E-state index in [1.807, 2.05) is 18.2 Å². The standard InChI is InChI=1S/C15H22N2O3/c1-16-5-7-17(8-6-16)10-13-3-4-15(20-12-19-2)14(9-13)11-18/h3-4,9,11H,5-8,10,12H2,1-2H3. The average molecular weight is 278 g/mol. The van der Waals surface area contributed by atoms with Gasteiger partial charge >= 0.3 is 0 Å². The van der Waals surface area contributed by atoms with Crippen molar-refractivity contribution >= 4 is 6.29 Å². The topological polar surface area (TPSA) is 42.0 Å². The van der Waals surface area contributed by atoms with E-state index in [1.165, 1.54) is 0 Å². The second-order valence-electron chi connectivity index (χ2n) is 5.12. The number of carbonyl (C=O) groups is 1. The Morgan fingerprint density at radius 3 is 2.65 bits per heavy atom. The number of hydrogen-bond acceptors (Lipinski definition) is 5. The van der Waals surface area contributed by atoms with Crippen LogP contribution in [0.4, 0.5) is 0 Å². The monoisotopic (exact) mass is 278 g/mol. The Labute approximate surface area is 120 Å². The molecule has 0 spiro atoms. The Balaban J connectivity index is 2.00. The van der Waals surface area contributed by atoms with E-state index in [4.69, 9.17) is 9.47 Å². The van der Waals surface area contributed by atoms with Crippen molar-refractivity contribution in [1.82, 2.24) is 9.80 Å². The summed E-state index contributed by atoms with van der Waals surface area (Å²) in [6.45, 7) is 5.34. The Bertz CT molecular complexity index is 443. The van der Waals surface area contributed by atoms with Crippen LogP contribution in [0.5, 0.6) is 5.75 Å². The van der Waals surface area contributed by atoms with E-state index < -0.39 is 0 Å². The number of ether oxygens (including phenoxy) is 2. The number of aldehydes is 1. The van der Waals surface area contributed by atoms with Crippen LogP contribution in [0.3, 0.4) is 0 Å². The van der Waals surface area contributed by atoms with E-state index in [0.717, 1.165) is 44.6 Å². The van der Waals surface area contributed by atoms with E-state index in [1.54, 1.807) is 7.11 Å². The van der Waals surface area contributed by atoms with Crippen molar-refractivity contribution in [3.8, 4) is 5.75 Å². The summed E-state index contributed by atoms with van der Waals surface area (Å²) >= 11 is 0. The van der Waals surface area contributed by atoms with Gasteiger partial charge in [-0.3, -0.25) is 9.69 Å². The molecule has 0 unspecified atom stereocenters. The predicted molar refractivity (Wildman–Crippen MR) is 77.1 cm³/mol. The highest BCUT2D eigenvalue weighted by Crippen LogP contribution is 2.20. The second-order valence-corrected chi connectivity index (χ2v) is 5.12. The maximum absolute atomic E-state index is 11.1. The molecule has 0 aliphatic carbocycles. The minimum absolute atomic E-state index is 0.151. The van der Waals surface area contributed by atoms with Crippen molar-refractivity contribution in [3.63, 3.8) is 0 Å². The third kappa shape index (κ3) is 4.03. The zero-order valence-electron chi connectivity index (χ0n) is 12.2. The van der Waals surface area contributed by atoms with Crippen LogP contribution in [-0.2, 0) is 11.3 Å². The average Bonchev–Trinajstić information content (AvgIpc) is 2.48. The zero-order chi connectivity index (χ0) is 14.4. The van der Waals surface area contributed by atoms with Gasteiger partial charge in [-0.05, 0) is 24.7 Å². The SMILES string of the molecule is COCOc1ccc(CN2CCN(C)CC2)cc1C=O. The van der Waals surface area contributed by atoms with E-state index in [0.29, 0.717) is 11.3 Å². The van der Waals surface area contributed by atoms with Gasteiger partial charge in [0.25, 0.3) is 0 Å². The summed E-state index contributed by atoms with van der Waals surface area (Å²) in [5, 5.41) is 0. The second kappa shape index (κ2) is 7.38. The van der Waals surface area contributed by atoms with Crippen molar-refractivity contribution in [2.45, 2.75) is 6.54 Å². The first-order chi connectivity index (χ1) is 9.72. The molecule has 1 aliphatic rings. The maximum Gasteiger partial charge on any atom is 0.188 e. The van der Waals surface area contributed by atoms with Crippen LogP contribution in [-0.4, -0.2) is 63.2 Å². The van der Waals surface area contributed by atoms with Crippen LogP contribution >= 0.6 is 0 Å². The quantitative estimate of drug-likeness (QED) is 0.578. The van der Waals surface area contributed by atoms with Gasteiger partial charge in [0, 0.05) is 39.8 Å². The minimum atomic E-state index is 0.151. The number of nitrogens with zero attached hydrogens (tertiary/aromatic N) is 2. The normalized spacial score (nSPS) is 17.1. The number of methoxy groups -OCH3 is 1. The lowest BCUT2D eigenvalue weighted by Crippen LogP contribution is -2.43. The molecule has 0 atom stereocenters. The number of benzene rings is 1. The highest BCUT2D eigenvalue weighted by molar-refractivity contribution is 5.79. The van der Waals surface area contributed by atoms with Crippen LogP contribution < -0.4 is 4.74 Å². The molecule has 0 amide bonds. The van der Waals surface area contributed by atoms with Gasteiger partial charge in [-0.2, -0.15) is 0 Å². The molecule has 110 valence electrons. The predicted octanol–water partition coefficient (Wildman–Crippen LogP) is 1.23. The Kier molecular flexibility index (Phi) is 5.52. The summed E-state index contributed by atoms with van der Waals surface area (Å²) in [5.41, 5.74) is 1.72. The van der Waals surface area contributed by atoms with E-state index >= 15 is 0 Å². The summed E-state index contributed by atoms with van der Waals surface area (Å²) in [4.78, 5) is 15.9. The lowest BCUT2D eigenvalue weighted by Gasteiger charge is -2.32. The molecule has 0 aromatic heterocycles. The van der Waals surface area contributed by atoms with Gasteiger partial charge in [-0.25, -0.2) is 0 Å². The highest BCUT2D eigenvalue weighted by Gasteiger charge is 2.14. The zero-order valence-corrected chi connectivity index (χ0v) is 12.2. The molecule has 0 radical (unpaired) electrons. The van der Waals surface area contributed by atoms with Gasteiger partial charge in [0.05, 0.1) is 5.56 Å². The Morgan fingerprint density at radius 1 is 1.25 bits per heavy atom. The summed E-state index contributed by atoms with van der Waals surface area (Å²) < 4.78 is 10.2. The van der Waals surface area contributed by atoms with Crippen LogP contribution in [0.2, 0.25) is 0 Å². The molecule has 1 aromatic carbocycles. The molecule has 2 rings (SSSR count). The van der Waals surface area contributed by atoms with Crippen LogP contribution in [0.1, 0.15) is 15.9 Å². The van der Waals surface area contributed by atoms with Gasteiger partial charge in [0.1, 0.15) is 5.75 Å². The molecule has 5 nitrogen and oxygen atoms in total. The summed E-state index contributed by atoms with van der Waals surface area (Å²) in [5.74, 6) is 0.573. The number of hydrogen-bond donors (Lipinski definition) is 0. The van der Waals surface area contributed by atoms with Crippen molar-refractivity contribution in [2.75, 3.05) is 47.1 Å². The van der Waals surface area contributed by atoms with Crippen molar-refractivity contribution in [3.05, 3.63) is 29.3 Å². The molecule has 1 heterocycles. The van der Waals surface area contributed by atoms with Gasteiger partial charge in [0.15, 0.2) is 13.1 Å². The van der Waals surface area contributed by atoms with Crippen molar-refractivity contribution in [2.24, 2.45) is 0 Å². The Hall–Kier alpha value is -1.43. The maximum atomic E-state index is 11.1. The van der Waals surface area contributed by atoms with Crippen molar-refractivity contribution < 1.29 is 14.3 Å². The molecule has 20 heavy (non-hydrogen) atoms. The highest BCUT2D eigenvalue weighted by atomic mass is 16.7. The van der Waals surface area contributed by atoms with Crippen molar-refractivity contribution in [1.29, 1.82) is 0 Å². The molecule has 5 heteroatoms. The molecule has 0 bridgehead atoms. The first-order valence-corrected chi connectivity index (χ1v) is 6.83. The fourth-order valence-electron chi connectivity index (χ4n) is 2.31. The fraction of sp³-hybridized carbons (Fsp3) is 0.533. The van der Waals surface area contributed by atoms with E-state index in [-0.39, 0.29) is 6.79 Å². The lowest BCUT2D eigenvalue weighted by atomic mass is 10.1. The molecule has 1 saturated heterocycles. The Morgan fingerprint density at radius 2 is 2.00 bits per heavy atom. The van der Waals surface area contributed by atoms with Crippen LogP contribution in [0.15, 0.2) is 18.2 Å². The van der Waals surface area contributed by atoms with Gasteiger partial charge in [-0.15, -0.1) is 0 Å². The van der Waals surface area contributed by atoms with Gasteiger partial charge < -0.3 is 14.4 Å². The largest absolute Gasteiger partial charge is 0.467 e. The van der Waals surface area contributed by atoms with E-state index in [9.17, 15) is 4.79 Å². The first-order valence-electron chi connectivity index (χ1n) is 6.83. The molecule has 1 aromatic rings. The number of likely N-dealkylation sites (N-methyl/N-ethyl adjacent to an activating group) is 1.